The maximum Gasteiger partial charge on any atom is 0.222 e. The average molecular weight is 371 g/mol. The Labute approximate surface area is 156 Å². The molecule has 0 aliphatic carbocycles. The number of aromatic nitrogens is 3. The second kappa shape index (κ2) is 6.88. The predicted octanol–water partition coefficient (Wildman–Crippen LogP) is 4.10. The molecular weight excluding hydrogens is 352 g/mol. The Morgan fingerprint density at radius 2 is 1.92 bits per heavy atom. The van der Waals surface area contributed by atoms with Crippen LogP contribution in [-0.2, 0) is 0 Å². The van der Waals surface area contributed by atoms with E-state index in [1.165, 1.54) is 0 Å². The molecule has 1 aliphatic rings. The molecule has 4 rings (SSSR count). The van der Waals surface area contributed by atoms with Gasteiger partial charge in [0.1, 0.15) is 6.33 Å². The molecule has 0 radical (unpaired) electrons. The van der Waals surface area contributed by atoms with Gasteiger partial charge in [0.05, 0.1) is 26.3 Å². The molecule has 2 atom stereocenters. The number of hydrogen-bond acceptors (Lipinski definition) is 5. The Bertz CT molecular complexity index is 927. The van der Waals surface area contributed by atoms with E-state index in [-0.39, 0.29) is 12.1 Å². The summed E-state index contributed by atoms with van der Waals surface area (Å²) in [5.41, 5.74) is 2.13. The zero-order chi connectivity index (χ0) is 18.1. The van der Waals surface area contributed by atoms with Gasteiger partial charge in [-0.3, -0.25) is 0 Å². The first-order valence-corrected chi connectivity index (χ1v) is 8.71. The van der Waals surface area contributed by atoms with Crippen LogP contribution in [0.3, 0.4) is 0 Å². The van der Waals surface area contributed by atoms with Gasteiger partial charge in [0.15, 0.2) is 11.5 Å². The lowest BCUT2D eigenvalue weighted by atomic mass is 9.93. The van der Waals surface area contributed by atoms with Gasteiger partial charge in [-0.15, -0.1) is 0 Å². The van der Waals surface area contributed by atoms with Gasteiger partial charge in [0, 0.05) is 5.02 Å². The normalized spacial score (nSPS) is 18.7. The molecule has 7 heteroatoms. The van der Waals surface area contributed by atoms with Crippen LogP contribution in [0.5, 0.6) is 11.5 Å². The second-order valence-corrected chi connectivity index (χ2v) is 6.52. The largest absolute Gasteiger partial charge is 0.493 e. The van der Waals surface area contributed by atoms with E-state index in [1.807, 2.05) is 47.1 Å². The van der Waals surface area contributed by atoms with E-state index in [9.17, 15) is 0 Å². The Balaban J connectivity index is 1.75. The Hall–Kier alpha value is -2.73. The molecule has 1 N–H and O–H groups in total. The third-order valence-corrected chi connectivity index (χ3v) is 5.05. The number of methoxy groups -OCH3 is 2. The number of nitrogens with zero attached hydrogens (tertiary/aromatic N) is 3. The van der Waals surface area contributed by atoms with Gasteiger partial charge in [-0.25, -0.2) is 4.68 Å². The number of halogens is 1. The molecule has 0 amide bonds. The van der Waals surface area contributed by atoms with Gasteiger partial charge in [0.25, 0.3) is 0 Å². The first-order chi connectivity index (χ1) is 12.7. The molecule has 3 aromatic rings. The Morgan fingerprint density at radius 3 is 2.69 bits per heavy atom. The molecule has 1 aliphatic heterocycles. The van der Waals surface area contributed by atoms with Crippen molar-refractivity contribution in [1.82, 2.24) is 14.8 Å². The van der Waals surface area contributed by atoms with Crippen LogP contribution < -0.4 is 14.8 Å². The maximum atomic E-state index is 6.42. The molecule has 2 heterocycles. The highest BCUT2D eigenvalue weighted by Gasteiger charge is 2.31. The molecule has 26 heavy (non-hydrogen) atoms. The fraction of sp³-hybridized carbons (Fsp3) is 0.263. The lowest BCUT2D eigenvalue weighted by Crippen LogP contribution is -2.28. The summed E-state index contributed by atoms with van der Waals surface area (Å²) in [6.45, 7) is 0. The summed E-state index contributed by atoms with van der Waals surface area (Å²) in [4.78, 5) is 4.36. The van der Waals surface area contributed by atoms with E-state index in [0.29, 0.717) is 11.5 Å². The van der Waals surface area contributed by atoms with E-state index in [1.54, 1.807) is 20.5 Å². The summed E-state index contributed by atoms with van der Waals surface area (Å²) in [5.74, 6) is 2.12. The minimum Gasteiger partial charge on any atom is -0.493 e. The van der Waals surface area contributed by atoms with Crippen LogP contribution in [0, 0.1) is 0 Å². The van der Waals surface area contributed by atoms with Gasteiger partial charge in [0.2, 0.25) is 5.95 Å². The molecule has 0 spiro atoms. The van der Waals surface area contributed by atoms with Crippen molar-refractivity contribution in [2.24, 2.45) is 0 Å². The van der Waals surface area contributed by atoms with Crippen molar-refractivity contribution in [2.75, 3.05) is 19.5 Å². The highest BCUT2D eigenvalue weighted by atomic mass is 35.5. The summed E-state index contributed by atoms with van der Waals surface area (Å²) in [6.07, 6.45) is 2.35. The quantitative estimate of drug-likeness (QED) is 0.749. The molecule has 0 bridgehead atoms. The molecule has 0 fully saturated rings. The Kier molecular flexibility index (Phi) is 4.42. The van der Waals surface area contributed by atoms with Crippen molar-refractivity contribution >= 4 is 17.5 Å². The van der Waals surface area contributed by atoms with Crippen LogP contribution in [0.4, 0.5) is 5.95 Å². The van der Waals surface area contributed by atoms with Crippen molar-refractivity contribution in [3.63, 3.8) is 0 Å². The topological polar surface area (TPSA) is 61.2 Å². The highest BCUT2D eigenvalue weighted by Crippen LogP contribution is 2.41. The average Bonchev–Trinajstić information content (AvgIpc) is 3.15. The standard InChI is InChI=1S/C19H19ClN4O2/c1-25-17-8-7-12(9-18(17)26-2)16-10-15(13-5-3-4-6-14(13)20)23-19-21-11-22-24(16)19/h3-9,11,15-16H,10H2,1-2H3,(H,21,22,23)/t15-,16+/m1/s1. The summed E-state index contributed by atoms with van der Waals surface area (Å²) < 4.78 is 12.7. The number of anilines is 1. The zero-order valence-corrected chi connectivity index (χ0v) is 15.3. The van der Waals surface area contributed by atoms with Crippen molar-refractivity contribution in [3.8, 4) is 11.5 Å². The monoisotopic (exact) mass is 370 g/mol. The number of benzene rings is 2. The summed E-state index contributed by atoms with van der Waals surface area (Å²) in [5, 5.41) is 8.57. The minimum atomic E-state index is 0.00910. The first kappa shape index (κ1) is 16.7. The lowest BCUT2D eigenvalue weighted by Gasteiger charge is -2.32. The van der Waals surface area contributed by atoms with E-state index < -0.39 is 0 Å². The second-order valence-electron chi connectivity index (χ2n) is 6.11. The van der Waals surface area contributed by atoms with Crippen LogP contribution in [-0.4, -0.2) is 29.0 Å². The number of ether oxygens (including phenoxy) is 2. The lowest BCUT2D eigenvalue weighted by molar-refractivity contribution is 0.352. The molecule has 0 unspecified atom stereocenters. The van der Waals surface area contributed by atoms with Gasteiger partial charge < -0.3 is 14.8 Å². The Morgan fingerprint density at radius 1 is 1.12 bits per heavy atom. The van der Waals surface area contributed by atoms with Crippen molar-refractivity contribution in [1.29, 1.82) is 0 Å². The van der Waals surface area contributed by atoms with E-state index in [4.69, 9.17) is 21.1 Å². The number of nitrogens with one attached hydrogen (secondary N) is 1. The van der Waals surface area contributed by atoms with Crippen LogP contribution >= 0.6 is 11.6 Å². The minimum absolute atomic E-state index is 0.00910. The number of rotatable bonds is 4. The fourth-order valence-corrected chi connectivity index (χ4v) is 3.69. The fourth-order valence-electron chi connectivity index (χ4n) is 3.42. The molecular formula is C19H19ClN4O2. The van der Waals surface area contributed by atoms with Crippen LogP contribution in [0.1, 0.15) is 29.6 Å². The number of fused-ring (bicyclic) bond motifs is 1. The van der Waals surface area contributed by atoms with Crippen LogP contribution in [0.25, 0.3) is 0 Å². The third kappa shape index (κ3) is 2.86. The SMILES string of the molecule is COc1ccc([C@@H]2C[C@H](c3ccccc3Cl)Nc3ncnn32)cc1OC. The molecule has 0 saturated heterocycles. The highest BCUT2D eigenvalue weighted by molar-refractivity contribution is 6.31. The predicted molar refractivity (Wildman–Crippen MR) is 100 cm³/mol. The smallest absolute Gasteiger partial charge is 0.222 e. The molecule has 1 aromatic heterocycles. The van der Waals surface area contributed by atoms with Crippen molar-refractivity contribution in [2.45, 2.75) is 18.5 Å². The third-order valence-electron chi connectivity index (χ3n) is 4.70. The summed E-state index contributed by atoms with van der Waals surface area (Å²) in [6, 6.07) is 13.9. The maximum absolute atomic E-state index is 6.42. The van der Waals surface area contributed by atoms with Crippen LogP contribution in [0.2, 0.25) is 5.02 Å². The van der Waals surface area contributed by atoms with Gasteiger partial charge in [-0.05, 0) is 35.7 Å². The number of hydrogen-bond donors (Lipinski definition) is 1. The molecule has 134 valence electrons. The van der Waals surface area contributed by atoms with Crippen LogP contribution in [0.15, 0.2) is 48.8 Å². The molecule has 6 nitrogen and oxygen atoms in total. The van der Waals surface area contributed by atoms with Gasteiger partial charge in [-0.2, -0.15) is 10.1 Å². The molecule has 0 saturated carbocycles. The summed E-state index contributed by atoms with van der Waals surface area (Å²) >= 11 is 6.42. The van der Waals surface area contributed by atoms with E-state index >= 15 is 0 Å². The van der Waals surface area contributed by atoms with E-state index in [0.717, 1.165) is 28.5 Å². The van der Waals surface area contributed by atoms with Crippen molar-refractivity contribution in [3.05, 3.63) is 64.9 Å². The van der Waals surface area contributed by atoms with Crippen molar-refractivity contribution < 1.29 is 9.47 Å². The van der Waals surface area contributed by atoms with Gasteiger partial charge >= 0.3 is 0 Å². The zero-order valence-electron chi connectivity index (χ0n) is 14.5. The van der Waals surface area contributed by atoms with E-state index in [2.05, 4.69) is 15.4 Å². The summed E-state index contributed by atoms with van der Waals surface area (Å²) in [7, 11) is 3.27. The van der Waals surface area contributed by atoms with Gasteiger partial charge in [-0.1, -0.05) is 35.9 Å². The molecule has 2 aromatic carbocycles. The first-order valence-electron chi connectivity index (χ1n) is 8.33.